The van der Waals surface area contributed by atoms with E-state index >= 15 is 0 Å². The van der Waals surface area contributed by atoms with Crippen LogP contribution in [0.1, 0.15) is 15.9 Å². The summed E-state index contributed by atoms with van der Waals surface area (Å²) in [6.07, 6.45) is 0.104. The van der Waals surface area contributed by atoms with E-state index < -0.39 is 11.7 Å². The summed E-state index contributed by atoms with van der Waals surface area (Å²) in [5.41, 5.74) is 7.35. The normalized spacial score (nSPS) is 10.2. The summed E-state index contributed by atoms with van der Waals surface area (Å²) in [5.74, 6) is -1.73. The maximum Gasteiger partial charge on any atom is 0.272 e. The van der Waals surface area contributed by atoms with Crippen LogP contribution in [0.2, 0.25) is 0 Å². The first-order valence-electron chi connectivity index (χ1n) is 8.11. The fourth-order valence-electron chi connectivity index (χ4n) is 2.51. The van der Waals surface area contributed by atoms with Crippen LogP contribution in [-0.2, 0) is 11.2 Å². The number of hydrazine groups is 1. The molecule has 0 heterocycles. The minimum atomic E-state index is -0.698. The molecule has 3 aromatic rings. The van der Waals surface area contributed by atoms with E-state index in [2.05, 4.69) is 10.9 Å². The van der Waals surface area contributed by atoms with Gasteiger partial charge in [0.25, 0.3) is 5.91 Å². The van der Waals surface area contributed by atoms with E-state index in [1.807, 2.05) is 54.6 Å². The second-order valence-electron chi connectivity index (χ2n) is 5.72. The molecule has 0 bridgehead atoms. The van der Waals surface area contributed by atoms with Gasteiger partial charge in [-0.25, -0.2) is 4.39 Å². The van der Waals surface area contributed by atoms with Crippen LogP contribution < -0.4 is 10.9 Å². The molecule has 0 spiro atoms. The number of carbonyl (C=O) groups excluding carboxylic acids is 2. The Morgan fingerprint density at radius 1 is 0.731 bits per heavy atom. The fourth-order valence-corrected chi connectivity index (χ4v) is 2.51. The van der Waals surface area contributed by atoms with Crippen LogP contribution in [0.5, 0.6) is 0 Å². The zero-order valence-corrected chi connectivity index (χ0v) is 13.9. The van der Waals surface area contributed by atoms with Crippen molar-refractivity contribution >= 4 is 11.8 Å². The molecule has 0 aliphatic heterocycles. The predicted molar refractivity (Wildman–Crippen MR) is 97.6 cm³/mol. The number of benzene rings is 3. The molecule has 3 rings (SSSR count). The smallest absolute Gasteiger partial charge is 0.272 e. The van der Waals surface area contributed by atoms with Crippen molar-refractivity contribution in [1.82, 2.24) is 10.9 Å². The van der Waals surface area contributed by atoms with Crippen LogP contribution in [0.25, 0.3) is 11.1 Å². The standard InChI is InChI=1S/C21H17FN2O2/c22-19-9-5-4-8-18(19)21(26)24-23-20(25)14-15-10-12-17(13-11-15)16-6-2-1-3-7-16/h1-13H,14H2,(H,23,25)(H,24,26). The second-order valence-corrected chi connectivity index (χ2v) is 5.72. The molecule has 0 fully saturated rings. The number of carbonyl (C=O) groups is 2. The van der Waals surface area contributed by atoms with Crippen molar-refractivity contribution in [3.63, 3.8) is 0 Å². The minimum Gasteiger partial charge on any atom is -0.273 e. The van der Waals surface area contributed by atoms with Gasteiger partial charge in [-0.05, 0) is 28.8 Å². The van der Waals surface area contributed by atoms with Gasteiger partial charge in [0.05, 0.1) is 12.0 Å². The molecule has 26 heavy (non-hydrogen) atoms. The Balaban J connectivity index is 1.55. The van der Waals surface area contributed by atoms with Gasteiger partial charge < -0.3 is 0 Å². The van der Waals surface area contributed by atoms with E-state index in [1.165, 1.54) is 18.2 Å². The van der Waals surface area contributed by atoms with Crippen molar-refractivity contribution in [3.05, 3.63) is 95.8 Å². The van der Waals surface area contributed by atoms with Crippen molar-refractivity contribution in [1.29, 1.82) is 0 Å². The maximum absolute atomic E-state index is 13.5. The third-order valence-corrected chi connectivity index (χ3v) is 3.86. The summed E-state index contributed by atoms with van der Waals surface area (Å²) in [5, 5.41) is 0. The molecule has 0 aromatic heterocycles. The molecule has 4 nitrogen and oxygen atoms in total. The molecule has 0 unspecified atom stereocenters. The molecule has 5 heteroatoms. The number of nitrogens with one attached hydrogen (secondary N) is 2. The van der Waals surface area contributed by atoms with Crippen molar-refractivity contribution < 1.29 is 14.0 Å². The molecule has 2 amide bonds. The van der Waals surface area contributed by atoms with Crippen LogP contribution in [0, 0.1) is 5.82 Å². The van der Waals surface area contributed by atoms with E-state index in [1.54, 1.807) is 6.07 Å². The van der Waals surface area contributed by atoms with E-state index in [9.17, 15) is 14.0 Å². The number of hydrogen-bond acceptors (Lipinski definition) is 2. The summed E-state index contributed by atoms with van der Waals surface area (Å²) < 4.78 is 13.5. The first kappa shape index (κ1) is 17.4. The Labute approximate surface area is 150 Å². The summed E-state index contributed by atoms with van der Waals surface area (Å²) in [4.78, 5) is 23.8. The van der Waals surface area contributed by atoms with Crippen LogP contribution >= 0.6 is 0 Å². The highest BCUT2D eigenvalue weighted by Crippen LogP contribution is 2.19. The van der Waals surface area contributed by atoms with Gasteiger partial charge >= 0.3 is 0 Å². The lowest BCUT2D eigenvalue weighted by Crippen LogP contribution is -2.42. The van der Waals surface area contributed by atoms with Crippen molar-refractivity contribution in [2.45, 2.75) is 6.42 Å². The van der Waals surface area contributed by atoms with Crippen molar-refractivity contribution in [3.8, 4) is 11.1 Å². The lowest BCUT2D eigenvalue weighted by Gasteiger charge is -2.08. The summed E-state index contributed by atoms with van der Waals surface area (Å²) in [6.45, 7) is 0. The quantitative estimate of drug-likeness (QED) is 0.709. The van der Waals surface area contributed by atoms with Crippen molar-refractivity contribution in [2.75, 3.05) is 0 Å². The van der Waals surface area contributed by atoms with Gasteiger partial charge in [0.2, 0.25) is 5.91 Å². The van der Waals surface area contributed by atoms with Gasteiger partial charge in [-0.3, -0.25) is 20.4 Å². The summed E-state index contributed by atoms with van der Waals surface area (Å²) >= 11 is 0. The van der Waals surface area contributed by atoms with Crippen LogP contribution in [0.15, 0.2) is 78.9 Å². The monoisotopic (exact) mass is 348 g/mol. The van der Waals surface area contributed by atoms with Gasteiger partial charge in [0.1, 0.15) is 5.82 Å². The zero-order chi connectivity index (χ0) is 18.4. The summed E-state index contributed by atoms with van der Waals surface area (Å²) in [6, 6.07) is 23.1. The van der Waals surface area contributed by atoms with E-state index in [-0.39, 0.29) is 17.9 Å². The van der Waals surface area contributed by atoms with Gasteiger partial charge in [-0.2, -0.15) is 0 Å². The first-order valence-corrected chi connectivity index (χ1v) is 8.11. The molecule has 0 aliphatic rings. The molecule has 130 valence electrons. The van der Waals surface area contributed by atoms with Gasteiger partial charge in [0, 0.05) is 0 Å². The molecule has 0 radical (unpaired) electrons. The third kappa shape index (κ3) is 4.33. The molecule has 0 atom stereocenters. The Morgan fingerprint density at radius 2 is 1.35 bits per heavy atom. The molecule has 0 saturated heterocycles. The van der Waals surface area contributed by atoms with Crippen LogP contribution in [0.3, 0.4) is 0 Å². The molecular weight excluding hydrogens is 331 g/mol. The van der Waals surface area contributed by atoms with Gasteiger partial charge in [0.15, 0.2) is 0 Å². The second kappa shape index (κ2) is 8.07. The lowest BCUT2D eigenvalue weighted by atomic mass is 10.0. The molecular formula is C21H17FN2O2. The molecule has 2 N–H and O–H groups in total. The number of hydrogen-bond donors (Lipinski definition) is 2. The molecule has 0 aliphatic carbocycles. The Kier molecular flexibility index (Phi) is 5.39. The number of amides is 2. The Morgan fingerprint density at radius 3 is 2.04 bits per heavy atom. The first-order chi connectivity index (χ1) is 12.6. The molecule has 0 saturated carbocycles. The Bertz CT molecular complexity index is 909. The van der Waals surface area contributed by atoms with Crippen LogP contribution in [0.4, 0.5) is 4.39 Å². The maximum atomic E-state index is 13.5. The third-order valence-electron chi connectivity index (χ3n) is 3.86. The molecule has 3 aromatic carbocycles. The number of rotatable bonds is 4. The highest BCUT2D eigenvalue weighted by molar-refractivity contribution is 5.95. The van der Waals surface area contributed by atoms with Crippen LogP contribution in [-0.4, -0.2) is 11.8 Å². The highest BCUT2D eigenvalue weighted by Gasteiger charge is 2.11. The average molecular weight is 348 g/mol. The highest BCUT2D eigenvalue weighted by atomic mass is 19.1. The minimum absolute atomic E-state index is 0.104. The zero-order valence-electron chi connectivity index (χ0n) is 13.9. The van der Waals surface area contributed by atoms with E-state index in [0.29, 0.717) is 0 Å². The van der Waals surface area contributed by atoms with Gasteiger partial charge in [-0.15, -0.1) is 0 Å². The van der Waals surface area contributed by atoms with Gasteiger partial charge in [-0.1, -0.05) is 66.7 Å². The predicted octanol–water partition coefficient (Wildman–Crippen LogP) is 3.50. The summed E-state index contributed by atoms with van der Waals surface area (Å²) in [7, 11) is 0. The number of halogens is 1. The Hall–Kier alpha value is -3.47. The van der Waals surface area contributed by atoms with Crippen molar-refractivity contribution in [2.24, 2.45) is 0 Å². The lowest BCUT2D eigenvalue weighted by molar-refractivity contribution is -0.121. The van der Waals surface area contributed by atoms with E-state index in [4.69, 9.17) is 0 Å². The largest absolute Gasteiger partial charge is 0.273 e. The fraction of sp³-hybridized carbons (Fsp3) is 0.0476. The van der Waals surface area contributed by atoms with E-state index in [0.717, 1.165) is 16.7 Å². The SMILES string of the molecule is O=C(Cc1ccc(-c2ccccc2)cc1)NNC(=O)c1ccccc1F. The average Bonchev–Trinajstić information content (AvgIpc) is 2.68. The topological polar surface area (TPSA) is 58.2 Å².